The van der Waals surface area contributed by atoms with E-state index in [-0.39, 0.29) is 0 Å². The molecule has 48 valence electrons. The number of hydrogen-bond acceptors (Lipinski definition) is 2. The van der Waals surface area contributed by atoms with Crippen LogP contribution in [0, 0.1) is 0 Å². The molecule has 0 aromatic rings. The molecule has 0 aliphatic rings. The molecule has 1 amide bonds. The lowest BCUT2D eigenvalue weighted by molar-refractivity contribution is -0.118. The fourth-order valence-electron chi connectivity index (χ4n) is 0.390. The molecule has 0 aliphatic carbocycles. The zero-order valence-electron chi connectivity index (χ0n) is 5.04. The number of carbonyl (C=O) groups excluding carboxylic acids is 2. The highest BCUT2D eigenvalue weighted by atomic mass is 16.1. The Morgan fingerprint density at radius 2 is 2.33 bits per heavy atom. The predicted molar refractivity (Wildman–Crippen MR) is 34.0 cm³/mol. The van der Waals surface area contributed by atoms with Gasteiger partial charge in [-0.3, -0.25) is 4.79 Å². The molecular weight excluding hydrogens is 117 g/mol. The van der Waals surface area contributed by atoms with Crippen LogP contribution in [0.3, 0.4) is 0 Å². The minimum absolute atomic E-state index is 0.296. The highest BCUT2D eigenvalue weighted by molar-refractivity contribution is 6.23. The summed E-state index contributed by atoms with van der Waals surface area (Å²) in [5, 5.41) is 0. The van der Waals surface area contributed by atoms with Crippen molar-refractivity contribution in [2.45, 2.75) is 18.7 Å². The highest BCUT2D eigenvalue weighted by Crippen LogP contribution is 2.04. The van der Waals surface area contributed by atoms with Gasteiger partial charge in [0.15, 0.2) is 0 Å². The van der Waals surface area contributed by atoms with Crippen LogP contribution in [-0.2, 0) is 9.59 Å². The van der Waals surface area contributed by atoms with Gasteiger partial charge in [0.1, 0.15) is 6.29 Å². The molecule has 0 spiro atoms. The Morgan fingerprint density at radius 3 is 2.67 bits per heavy atom. The predicted octanol–water partition coefficient (Wildman–Crippen LogP) is -0.592. The number of nitrogens with two attached hydrogens (primary N) is 1. The minimum atomic E-state index is -0.671. The third-order valence-corrected chi connectivity index (χ3v) is 0.961. The minimum Gasteiger partial charge on any atom is -0.370 e. The van der Waals surface area contributed by atoms with Crippen molar-refractivity contribution in [3.05, 3.63) is 0 Å². The Kier molecular flexibility index (Phi) is 3.76. The second kappa shape index (κ2) is 4.12. The van der Waals surface area contributed by atoms with Crippen molar-refractivity contribution >= 4 is 20.0 Å². The molecule has 1 atom stereocenters. The van der Waals surface area contributed by atoms with E-state index in [4.69, 9.17) is 13.6 Å². The van der Waals surface area contributed by atoms with Gasteiger partial charge in [0.25, 0.3) is 0 Å². The zero-order chi connectivity index (χ0) is 7.28. The first-order valence-corrected chi connectivity index (χ1v) is 2.67. The van der Waals surface area contributed by atoms with Gasteiger partial charge >= 0.3 is 0 Å². The first-order valence-electron chi connectivity index (χ1n) is 2.67. The number of hydrogen-bond donors (Lipinski definition) is 1. The van der Waals surface area contributed by atoms with E-state index < -0.39 is 11.7 Å². The normalized spacial score (nSPS) is 12.4. The third-order valence-electron chi connectivity index (χ3n) is 0.961. The molecule has 2 N–H and O–H groups in total. The van der Waals surface area contributed by atoms with Crippen LogP contribution >= 0.6 is 0 Å². The fraction of sp³-hybridized carbons (Fsp3) is 0.600. The Hall–Kier alpha value is -0.795. The van der Waals surface area contributed by atoms with Crippen molar-refractivity contribution in [3.63, 3.8) is 0 Å². The van der Waals surface area contributed by atoms with Crippen molar-refractivity contribution in [2.75, 3.05) is 0 Å². The second-order valence-corrected chi connectivity index (χ2v) is 1.75. The van der Waals surface area contributed by atoms with E-state index in [1.165, 1.54) is 0 Å². The van der Waals surface area contributed by atoms with Gasteiger partial charge in [-0.1, -0.05) is 0 Å². The number of rotatable bonds is 4. The molecule has 0 aromatic heterocycles. The van der Waals surface area contributed by atoms with Gasteiger partial charge in [0.2, 0.25) is 5.91 Å². The Labute approximate surface area is 55.0 Å². The molecule has 0 rings (SSSR count). The molecule has 0 aromatic carbocycles. The van der Waals surface area contributed by atoms with Crippen molar-refractivity contribution in [2.24, 2.45) is 5.73 Å². The molecule has 4 heteroatoms. The van der Waals surface area contributed by atoms with Crippen LogP contribution in [-0.4, -0.2) is 20.0 Å². The van der Waals surface area contributed by atoms with Crippen LogP contribution in [0.1, 0.15) is 12.8 Å². The Bertz CT molecular complexity index is 116. The molecule has 0 heterocycles. The van der Waals surface area contributed by atoms with Gasteiger partial charge in [0.05, 0.1) is 7.85 Å². The summed E-state index contributed by atoms with van der Waals surface area (Å²) in [7, 11) is 5.17. The van der Waals surface area contributed by atoms with Crippen molar-refractivity contribution in [3.8, 4) is 0 Å². The van der Waals surface area contributed by atoms with Crippen LogP contribution in [0.25, 0.3) is 0 Å². The summed E-state index contributed by atoms with van der Waals surface area (Å²) in [5.74, 6) is -1.23. The van der Waals surface area contributed by atoms with Crippen LogP contribution in [0.15, 0.2) is 0 Å². The smallest absolute Gasteiger partial charge is 0.211 e. The average molecular weight is 125 g/mol. The van der Waals surface area contributed by atoms with E-state index in [0.717, 1.165) is 0 Å². The maximum Gasteiger partial charge on any atom is 0.211 e. The molecule has 2 radical (unpaired) electrons. The van der Waals surface area contributed by atoms with Gasteiger partial charge in [0, 0.05) is 12.2 Å². The van der Waals surface area contributed by atoms with Gasteiger partial charge in [-0.15, -0.1) is 0 Å². The van der Waals surface area contributed by atoms with Crippen LogP contribution in [0.5, 0.6) is 0 Å². The van der Waals surface area contributed by atoms with Crippen molar-refractivity contribution in [1.82, 2.24) is 0 Å². The molecule has 0 saturated heterocycles. The van der Waals surface area contributed by atoms with Crippen molar-refractivity contribution in [1.29, 1.82) is 0 Å². The summed E-state index contributed by atoms with van der Waals surface area (Å²) < 4.78 is 0. The van der Waals surface area contributed by atoms with Gasteiger partial charge in [-0.2, -0.15) is 0 Å². The van der Waals surface area contributed by atoms with E-state index in [0.29, 0.717) is 19.1 Å². The lowest BCUT2D eigenvalue weighted by Gasteiger charge is -2.01. The topological polar surface area (TPSA) is 60.2 Å². The monoisotopic (exact) mass is 125 g/mol. The van der Waals surface area contributed by atoms with E-state index >= 15 is 0 Å². The van der Waals surface area contributed by atoms with E-state index in [1.54, 1.807) is 0 Å². The summed E-state index contributed by atoms with van der Waals surface area (Å²) >= 11 is 0. The quantitative estimate of drug-likeness (QED) is 0.403. The summed E-state index contributed by atoms with van der Waals surface area (Å²) in [6.45, 7) is 0. The van der Waals surface area contributed by atoms with Gasteiger partial charge in [-0.05, 0) is 6.42 Å². The van der Waals surface area contributed by atoms with Gasteiger partial charge in [-0.25, -0.2) is 0 Å². The maximum absolute atomic E-state index is 10.2. The molecular formula is C5H8BNO2. The number of amides is 1. The molecule has 9 heavy (non-hydrogen) atoms. The lowest BCUT2D eigenvalue weighted by atomic mass is 9.83. The van der Waals surface area contributed by atoms with Crippen LogP contribution < -0.4 is 5.73 Å². The standard InChI is InChI=1S/C5H8BNO2/c6-4(5(7)9)2-1-3-8/h3-4H,1-2H2,(H2,7,9). The lowest BCUT2D eigenvalue weighted by Crippen LogP contribution is -2.18. The molecule has 3 nitrogen and oxygen atoms in total. The van der Waals surface area contributed by atoms with E-state index in [2.05, 4.69) is 0 Å². The van der Waals surface area contributed by atoms with Crippen molar-refractivity contribution < 1.29 is 9.59 Å². The summed E-state index contributed by atoms with van der Waals surface area (Å²) in [4.78, 5) is 19.9. The zero-order valence-corrected chi connectivity index (χ0v) is 5.04. The van der Waals surface area contributed by atoms with Crippen LogP contribution in [0.4, 0.5) is 0 Å². The molecule has 1 unspecified atom stereocenters. The first-order chi connectivity index (χ1) is 4.18. The molecule has 0 fully saturated rings. The van der Waals surface area contributed by atoms with E-state index in [9.17, 15) is 9.59 Å². The Balaban J connectivity index is 3.37. The van der Waals surface area contributed by atoms with Crippen LogP contribution in [0.2, 0.25) is 5.82 Å². The largest absolute Gasteiger partial charge is 0.370 e. The third kappa shape index (κ3) is 3.76. The summed E-state index contributed by atoms with van der Waals surface area (Å²) in [5.41, 5.74) is 4.80. The SMILES string of the molecule is [B]C(CCC=O)C(N)=O. The highest BCUT2D eigenvalue weighted by Gasteiger charge is 2.05. The number of aldehydes is 1. The fourth-order valence-corrected chi connectivity index (χ4v) is 0.390. The summed E-state index contributed by atoms with van der Waals surface area (Å²) in [6, 6.07) is 0. The second-order valence-electron chi connectivity index (χ2n) is 1.75. The Morgan fingerprint density at radius 1 is 1.78 bits per heavy atom. The maximum atomic E-state index is 10.2. The van der Waals surface area contributed by atoms with E-state index in [1.807, 2.05) is 0 Å². The number of primary amides is 1. The number of carbonyl (C=O) groups is 2. The summed E-state index contributed by atoms with van der Waals surface area (Å²) in [6.07, 6.45) is 1.35. The van der Waals surface area contributed by atoms with Gasteiger partial charge < -0.3 is 10.5 Å². The average Bonchev–Trinajstić information content (AvgIpc) is 1.82. The molecule has 0 bridgehead atoms. The first kappa shape index (κ1) is 8.20. The molecule has 0 saturated carbocycles. The molecule has 0 aliphatic heterocycles.